The number of fused-ring (bicyclic) bond motifs is 1. The maximum Gasteiger partial charge on any atom is 0.130 e. The summed E-state index contributed by atoms with van der Waals surface area (Å²) in [5.74, 6) is 0.874. The maximum atomic E-state index is 14.2. The first-order valence-corrected chi connectivity index (χ1v) is 8.22. The molecule has 0 radical (unpaired) electrons. The number of likely N-dealkylation sites (tertiary alicyclic amines) is 1. The molecule has 3 rings (SSSR count). The number of benzene rings is 1. The summed E-state index contributed by atoms with van der Waals surface area (Å²) in [6, 6.07) is 5.63. The number of nitrogens with zero attached hydrogens (tertiary/aromatic N) is 1. The molecule has 1 heterocycles. The molecular formula is C18H26FNO. The Morgan fingerprint density at radius 2 is 2.19 bits per heavy atom. The van der Waals surface area contributed by atoms with Crippen molar-refractivity contribution in [2.24, 2.45) is 11.8 Å². The third-order valence-corrected chi connectivity index (χ3v) is 5.67. The molecular weight excluding hydrogens is 265 g/mol. The van der Waals surface area contributed by atoms with Crippen molar-refractivity contribution in [2.75, 3.05) is 13.1 Å². The zero-order valence-electron chi connectivity index (χ0n) is 13.1. The van der Waals surface area contributed by atoms with Gasteiger partial charge in [-0.25, -0.2) is 4.39 Å². The molecule has 0 amide bonds. The Kier molecular flexibility index (Phi) is 4.06. The minimum atomic E-state index is -0.497. The molecule has 1 N–H and O–H groups in total. The molecule has 3 heteroatoms. The quantitative estimate of drug-likeness (QED) is 0.921. The second kappa shape index (κ2) is 5.69. The van der Waals surface area contributed by atoms with E-state index in [9.17, 15) is 9.50 Å². The third-order valence-electron chi connectivity index (χ3n) is 5.67. The molecule has 2 aliphatic rings. The Bertz CT molecular complexity index is 518. The first-order valence-electron chi connectivity index (χ1n) is 8.22. The molecule has 0 bridgehead atoms. The predicted molar refractivity (Wildman–Crippen MR) is 82.5 cm³/mol. The van der Waals surface area contributed by atoms with Crippen LogP contribution in [0.25, 0.3) is 0 Å². The van der Waals surface area contributed by atoms with Crippen molar-refractivity contribution >= 4 is 0 Å². The maximum absolute atomic E-state index is 14.2. The Morgan fingerprint density at radius 1 is 1.38 bits per heavy atom. The monoisotopic (exact) mass is 291 g/mol. The number of aliphatic hydroxyl groups is 1. The number of halogens is 1. The number of hydrogen-bond acceptors (Lipinski definition) is 2. The minimum Gasteiger partial charge on any atom is -0.390 e. The van der Waals surface area contributed by atoms with E-state index in [4.69, 9.17) is 0 Å². The van der Waals surface area contributed by atoms with E-state index < -0.39 is 5.60 Å². The van der Waals surface area contributed by atoms with Crippen molar-refractivity contribution in [3.63, 3.8) is 0 Å². The molecule has 1 aromatic carbocycles. The summed E-state index contributed by atoms with van der Waals surface area (Å²) in [5.41, 5.74) is 1.01. The molecule has 1 aromatic rings. The minimum absolute atomic E-state index is 0.0712. The van der Waals surface area contributed by atoms with Gasteiger partial charge in [0.15, 0.2) is 0 Å². The van der Waals surface area contributed by atoms with Crippen molar-refractivity contribution in [1.82, 2.24) is 4.90 Å². The SMILES string of the molecule is CC[C@@]1(O)CCC[C@@H]2CN(Cc3cccc(C)c3F)C[C@@H]21. The van der Waals surface area contributed by atoms with Crippen LogP contribution in [0.3, 0.4) is 0 Å². The van der Waals surface area contributed by atoms with Crippen LogP contribution in [0, 0.1) is 24.6 Å². The molecule has 1 saturated carbocycles. The van der Waals surface area contributed by atoms with Crippen LogP contribution < -0.4 is 0 Å². The van der Waals surface area contributed by atoms with E-state index in [1.165, 1.54) is 6.42 Å². The van der Waals surface area contributed by atoms with Crippen LogP contribution in [0.1, 0.15) is 43.7 Å². The molecule has 0 spiro atoms. The van der Waals surface area contributed by atoms with Crippen molar-refractivity contribution < 1.29 is 9.50 Å². The van der Waals surface area contributed by atoms with Crippen molar-refractivity contribution in [2.45, 2.75) is 51.7 Å². The van der Waals surface area contributed by atoms with Gasteiger partial charge in [0.25, 0.3) is 0 Å². The lowest BCUT2D eigenvalue weighted by molar-refractivity contribution is -0.0613. The zero-order chi connectivity index (χ0) is 15.0. The first kappa shape index (κ1) is 15.0. The fraction of sp³-hybridized carbons (Fsp3) is 0.667. The Morgan fingerprint density at radius 3 is 2.95 bits per heavy atom. The van der Waals surface area contributed by atoms with Gasteiger partial charge in [0.2, 0.25) is 0 Å². The van der Waals surface area contributed by atoms with E-state index >= 15 is 0 Å². The molecule has 2 nitrogen and oxygen atoms in total. The highest BCUT2D eigenvalue weighted by atomic mass is 19.1. The average molecular weight is 291 g/mol. The molecule has 21 heavy (non-hydrogen) atoms. The Balaban J connectivity index is 1.73. The molecule has 0 unspecified atom stereocenters. The van der Waals surface area contributed by atoms with Crippen LogP contribution >= 0.6 is 0 Å². The van der Waals surface area contributed by atoms with Gasteiger partial charge in [0, 0.05) is 31.1 Å². The summed E-state index contributed by atoms with van der Waals surface area (Å²) >= 11 is 0. The highest BCUT2D eigenvalue weighted by Crippen LogP contribution is 2.44. The van der Waals surface area contributed by atoms with E-state index in [-0.39, 0.29) is 5.82 Å². The second-order valence-electron chi connectivity index (χ2n) is 6.96. The number of aryl methyl sites for hydroxylation is 1. The fourth-order valence-corrected chi connectivity index (χ4v) is 4.36. The number of hydrogen-bond donors (Lipinski definition) is 1. The van der Waals surface area contributed by atoms with E-state index in [1.54, 1.807) is 0 Å². The standard InChI is InChI=1S/C18H26FNO/c1-3-18(21)9-5-8-14-10-20(12-16(14)18)11-15-7-4-6-13(2)17(15)19/h4,6-7,14,16,21H,3,5,8-12H2,1-2H3/t14-,16+,18-/m1/s1. The molecule has 3 atom stereocenters. The topological polar surface area (TPSA) is 23.5 Å². The van der Waals surface area contributed by atoms with Gasteiger partial charge in [-0.05, 0) is 37.7 Å². The fourth-order valence-electron chi connectivity index (χ4n) is 4.36. The highest BCUT2D eigenvalue weighted by molar-refractivity contribution is 5.25. The van der Waals surface area contributed by atoms with E-state index in [0.29, 0.717) is 23.9 Å². The molecule has 1 saturated heterocycles. The lowest BCUT2D eigenvalue weighted by Crippen LogP contribution is -2.44. The van der Waals surface area contributed by atoms with E-state index in [0.717, 1.165) is 37.9 Å². The van der Waals surface area contributed by atoms with Crippen LogP contribution in [0.2, 0.25) is 0 Å². The van der Waals surface area contributed by atoms with Gasteiger partial charge in [-0.1, -0.05) is 31.5 Å². The normalized spacial score (nSPS) is 33.1. The largest absolute Gasteiger partial charge is 0.390 e. The summed E-state index contributed by atoms with van der Waals surface area (Å²) in [6.45, 7) is 6.48. The number of rotatable bonds is 3. The molecule has 2 fully saturated rings. The van der Waals surface area contributed by atoms with Crippen LogP contribution in [-0.4, -0.2) is 28.7 Å². The second-order valence-corrected chi connectivity index (χ2v) is 6.96. The summed E-state index contributed by atoms with van der Waals surface area (Å²) in [5, 5.41) is 10.8. The van der Waals surface area contributed by atoms with Crippen LogP contribution in [-0.2, 0) is 6.54 Å². The van der Waals surface area contributed by atoms with Gasteiger partial charge in [-0.3, -0.25) is 4.90 Å². The van der Waals surface area contributed by atoms with Crippen LogP contribution in [0.5, 0.6) is 0 Å². The summed E-state index contributed by atoms with van der Waals surface area (Å²) in [4.78, 5) is 2.33. The Hall–Kier alpha value is -0.930. The smallest absolute Gasteiger partial charge is 0.130 e. The van der Waals surface area contributed by atoms with Gasteiger partial charge in [-0.2, -0.15) is 0 Å². The molecule has 1 aliphatic carbocycles. The van der Waals surface area contributed by atoms with Gasteiger partial charge in [-0.15, -0.1) is 0 Å². The van der Waals surface area contributed by atoms with Crippen LogP contribution in [0.4, 0.5) is 4.39 Å². The van der Waals surface area contributed by atoms with E-state index in [1.807, 2.05) is 25.1 Å². The zero-order valence-corrected chi connectivity index (χ0v) is 13.1. The summed E-state index contributed by atoms with van der Waals surface area (Å²) in [6.07, 6.45) is 4.09. The predicted octanol–water partition coefficient (Wildman–Crippen LogP) is 3.51. The third kappa shape index (κ3) is 2.74. The molecule has 0 aromatic heterocycles. The molecule has 116 valence electrons. The average Bonchev–Trinajstić information content (AvgIpc) is 2.88. The first-order chi connectivity index (χ1) is 10.0. The van der Waals surface area contributed by atoms with Crippen LogP contribution in [0.15, 0.2) is 18.2 Å². The molecule has 1 aliphatic heterocycles. The van der Waals surface area contributed by atoms with Crippen molar-refractivity contribution in [3.05, 3.63) is 35.1 Å². The Labute approximate surface area is 127 Å². The van der Waals surface area contributed by atoms with Gasteiger partial charge in [0.05, 0.1) is 5.60 Å². The van der Waals surface area contributed by atoms with Crippen molar-refractivity contribution in [3.8, 4) is 0 Å². The lowest BCUT2D eigenvalue weighted by Gasteiger charge is -2.40. The van der Waals surface area contributed by atoms with E-state index in [2.05, 4.69) is 11.8 Å². The summed E-state index contributed by atoms with van der Waals surface area (Å²) in [7, 11) is 0. The van der Waals surface area contributed by atoms with Crippen molar-refractivity contribution in [1.29, 1.82) is 0 Å². The van der Waals surface area contributed by atoms with Gasteiger partial charge in [0.1, 0.15) is 5.82 Å². The summed E-state index contributed by atoms with van der Waals surface area (Å²) < 4.78 is 14.2. The highest BCUT2D eigenvalue weighted by Gasteiger charge is 2.47. The van der Waals surface area contributed by atoms with Gasteiger partial charge < -0.3 is 5.11 Å². The van der Waals surface area contributed by atoms with Gasteiger partial charge >= 0.3 is 0 Å². The lowest BCUT2D eigenvalue weighted by atomic mass is 9.69.